The van der Waals surface area contributed by atoms with Gasteiger partial charge in [-0.25, -0.2) is 9.78 Å². The SMILES string of the molecule is Cc1nc2ccccc2cc1OCc1c(Cl)ccc(N(C)C(=O)CNC(=O)Nc2cccc(N(C)C)c2)c1Cl. The molecule has 0 radical (unpaired) electrons. The van der Waals surface area contributed by atoms with Gasteiger partial charge in [0.25, 0.3) is 0 Å². The zero-order valence-electron chi connectivity index (χ0n) is 22.1. The third-order valence-corrected chi connectivity index (χ3v) is 6.94. The molecule has 0 aliphatic rings. The van der Waals surface area contributed by atoms with E-state index in [0.717, 1.165) is 22.3 Å². The van der Waals surface area contributed by atoms with Crippen molar-refractivity contribution in [3.8, 4) is 5.75 Å². The van der Waals surface area contributed by atoms with Gasteiger partial charge in [0.1, 0.15) is 12.4 Å². The van der Waals surface area contributed by atoms with E-state index in [4.69, 9.17) is 27.9 Å². The number of hydrogen-bond acceptors (Lipinski definition) is 5. The number of aromatic nitrogens is 1. The van der Waals surface area contributed by atoms with Crippen LogP contribution in [0.2, 0.25) is 10.0 Å². The number of anilines is 3. The number of ether oxygens (including phenoxy) is 1. The van der Waals surface area contributed by atoms with Crippen LogP contribution in [0.25, 0.3) is 10.9 Å². The molecule has 8 nitrogen and oxygen atoms in total. The number of benzene rings is 3. The number of halogens is 2. The topological polar surface area (TPSA) is 86.8 Å². The number of urea groups is 1. The number of carbonyl (C=O) groups excluding carboxylic acids is 2. The molecule has 0 saturated carbocycles. The van der Waals surface area contributed by atoms with Gasteiger partial charge in [-0.3, -0.25) is 4.79 Å². The molecule has 1 heterocycles. The molecule has 0 saturated heterocycles. The molecule has 1 aromatic heterocycles. The second-order valence-electron chi connectivity index (χ2n) is 9.12. The van der Waals surface area contributed by atoms with Gasteiger partial charge < -0.3 is 25.2 Å². The predicted molar refractivity (Wildman–Crippen MR) is 158 cm³/mol. The van der Waals surface area contributed by atoms with Gasteiger partial charge in [0.2, 0.25) is 5.91 Å². The van der Waals surface area contributed by atoms with Crippen molar-refractivity contribution in [2.24, 2.45) is 0 Å². The smallest absolute Gasteiger partial charge is 0.319 e. The van der Waals surface area contributed by atoms with Crippen LogP contribution in [-0.2, 0) is 11.4 Å². The maximum Gasteiger partial charge on any atom is 0.319 e. The lowest BCUT2D eigenvalue weighted by Crippen LogP contribution is -2.40. The number of rotatable bonds is 8. The van der Waals surface area contributed by atoms with E-state index in [0.29, 0.717) is 27.7 Å². The van der Waals surface area contributed by atoms with E-state index in [1.54, 1.807) is 25.2 Å². The monoisotopic (exact) mass is 565 g/mol. The van der Waals surface area contributed by atoms with Crippen LogP contribution in [0.1, 0.15) is 11.3 Å². The number of pyridine rings is 1. The van der Waals surface area contributed by atoms with Crippen LogP contribution in [0.4, 0.5) is 21.9 Å². The van der Waals surface area contributed by atoms with Gasteiger partial charge in [-0.2, -0.15) is 0 Å². The van der Waals surface area contributed by atoms with Crippen molar-refractivity contribution in [1.29, 1.82) is 0 Å². The summed E-state index contributed by atoms with van der Waals surface area (Å²) in [7, 11) is 5.41. The number of nitrogens with one attached hydrogen (secondary N) is 2. The summed E-state index contributed by atoms with van der Waals surface area (Å²) in [5.41, 5.74) is 4.15. The molecule has 0 aliphatic heterocycles. The van der Waals surface area contributed by atoms with E-state index >= 15 is 0 Å². The van der Waals surface area contributed by atoms with E-state index < -0.39 is 6.03 Å². The molecule has 3 aromatic carbocycles. The first kappa shape index (κ1) is 28.0. The van der Waals surface area contributed by atoms with Crippen molar-refractivity contribution in [3.05, 3.63) is 88.0 Å². The Morgan fingerprint density at radius 3 is 2.51 bits per heavy atom. The van der Waals surface area contributed by atoms with Crippen LogP contribution in [0.15, 0.2) is 66.7 Å². The average molecular weight is 566 g/mol. The van der Waals surface area contributed by atoms with Crippen molar-refractivity contribution in [2.45, 2.75) is 13.5 Å². The van der Waals surface area contributed by atoms with Gasteiger partial charge >= 0.3 is 6.03 Å². The second-order valence-corrected chi connectivity index (χ2v) is 9.90. The van der Waals surface area contributed by atoms with Crippen molar-refractivity contribution < 1.29 is 14.3 Å². The third-order valence-electron chi connectivity index (χ3n) is 6.16. The van der Waals surface area contributed by atoms with Crippen LogP contribution in [0.5, 0.6) is 5.75 Å². The summed E-state index contributed by atoms with van der Waals surface area (Å²) >= 11 is 13.1. The molecule has 0 atom stereocenters. The fraction of sp³-hybridized carbons (Fsp3) is 0.207. The van der Waals surface area contributed by atoms with E-state index in [1.807, 2.05) is 74.4 Å². The molecule has 0 bridgehead atoms. The predicted octanol–water partition coefficient (Wildman–Crippen LogP) is 6.28. The highest BCUT2D eigenvalue weighted by Gasteiger charge is 2.19. The van der Waals surface area contributed by atoms with Gasteiger partial charge in [-0.05, 0) is 49.4 Å². The van der Waals surface area contributed by atoms with Gasteiger partial charge in [-0.15, -0.1) is 0 Å². The molecule has 4 rings (SSSR count). The first-order valence-corrected chi connectivity index (χ1v) is 12.9. The van der Waals surface area contributed by atoms with Crippen LogP contribution >= 0.6 is 23.2 Å². The molecule has 2 N–H and O–H groups in total. The van der Waals surface area contributed by atoms with Crippen molar-refractivity contribution >= 4 is 63.1 Å². The zero-order chi connectivity index (χ0) is 28.1. The molecule has 3 amide bonds. The van der Waals surface area contributed by atoms with Crippen molar-refractivity contribution in [2.75, 3.05) is 42.8 Å². The Kier molecular flexibility index (Phi) is 8.79. The van der Waals surface area contributed by atoms with E-state index in [-0.39, 0.29) is 24.1 Å². The summed E-state index contributed by atoms with van der Waals surface area (Å²) in [5.74, 6) is 0.250. The van der Waals surface area contributed by atoms with Crippen molar-refractivity contribution in [1.82, 2.24) is 10.3 Å². The van der Waals surface area contributed by atoms with Crippen molar-refractivity contribution in [3.63, 3.8) is 0 Å². The average Bonchev–Trinajstić information content (AvgIpc) is 2.91. The Labute approximate surface area is 237 Å². The highest BCUT2D eigenvalue weighted by molar-refractivity contribution is 6.38. The molecule has 0 fully saturated rings. The molecule has 39 heavy (non-hydrogen) atoms. The number of nitrogens with zero attached hydrogens (tertiary/aromatic N) is 3. The fourth-order valence-corrected chi connectivity index (χ4v) is 4.52. The number of aryl methyl sites for hydroxylation is 1. The first-order valence-electron chi connectivity index (χ1n) is 12.2. The molecule has 202 valence electrons. The van der Waals surface area contributed by atoms with Crippen LogP contribution < -0.4 is 25.2 Å². The summed E-state index contributed by atoms with van der Waals surface area (Å²) in [4.78, 5) is 33.2. The molecule has 0 spiro atoms. The zero-order valence-corrected chi connectivity index (χ0v) is 23.6. The summed E-state index contributed by atoms with van der Waals surface area (Å²) in [6.45, 7) is 1.72. The van der Waals surface area contributed by atoms with Crippen LogP contribution in [0.3, 0.4) is 0 Å². The molecule has 0 unspecified atom stereocenters. The lowest BCUT2D eigenvalue weighted by atomic mass is 10.1. The first-order chi connectivity index (χ1) is 18.6. The Morgan fingerprint density at radius 2 is 1.74 bits per heavy atom. The Hall–Kier alpha value is -4.01. The molecule has 10 heteroatoms. The normalized spacial score (nSPS) is 10.7. The van der Waals surface area contributed by atoms with Gasteiger partial charge in [-0.1, -0.05) is 47.5 Å². The standard InChI is InChI=1S/C29H29Cl2N5O3/c1-18-26(14-19-8-5-6-11-24(19)33-18)39-17-22-23(30)12-13-25(28(22)31)36(4)27(37)16-32-29(38)34-20-9-7-10-21(15-20)35(2)3/h5-15H,16-17H2,1-4H3,(H2,32,34,38). The number of amides is 3. The number of fused-ring (bicyclic) bond motifs is 1. The highest BCUT2D eigenvalue weighted by Crippen LogP contribution is 2.35. The summed E-state index contributed by atoms with van der Waals surface area (Å²) in [5, 5.41) is 6.97. The highest BCUT2D eigenvalue weighted by atomic mass is 35.5. The van der Waals surface area contributed by atoms with Gasteiger partial charge in [0, 0.05) is 48.5 Å². The van der Waals surface area contributed by atoms with E-state index in [2.05, 4.69) is 15.6 Å². The minimum Gasteiger partial charge on any atom is -0.487 e. The maximum atomic E-state index is 12.9. The molecular formula is C29H29Cl2N5O3. The Bertz CT molecular complexity index is 1530. The number of hydrogen-bond donors (Lipinski definition) is 2. The minimum atomic E-state index is -0.497. The quantitative estimate of drug-likeness (QED) is 0.262. The summed E-state index contributed by atoms with van der Waals surface area (Å²) in [6.07, 6.45) is 0. The van der Waals surface area contributed by atoms with Gasteiger partial charge in [0.15, 0.2) is 0 Å². The minimum absolute atomic E-state index is 0.0844. The fourth-order valence-electron chi connectivity index (χ4n) is 3.91. The molecular weight excluding hydrogens is 537 g/mol. The summed E-state index contributed by atoms with van der Waals surface area (Å²) in [6, 6.07) is 19.9. The molecule has 4 aromatic rings. The summed E-state index contributed by atoms with van der Waals surface area (Å²) < 4.78 is 6.04. The largest absolute Gasteiger partial charge is 0.487 e. The third kappa shape index (κ3) is 6.71. The van der Waals surface area contributed by atoms with Crippen LogP contribution in [0, 0.1) is 6.92 Å². The number of carbonyl (C=O) groups is 2. The van der Waals surface area contributed by atoms with E-state index in [9.17, 15) is 9.59 Å². The number of para-hydroxylation sites is 1. The van der Waals surface area contributed by atoms with Gasteiger partial charge in [0.05, 0.1) is 28.5 Å². The van der Waals surface area contributed by atoms with Crippen LogP contribution in [-0.4, -0.2) is 44.6 Å². The Balaban J connectivity index is 1.41. The Morgan fingerprint density at radius 1 is 0.974 bits per heavy atom. The lowest BCUT2D eigenvalue weighted by Gasteiger charge is -2.21. The second kappa shape index (κ2) is 12.2. The molecule has 0 aliphatic carbocycles. The lowest BCUT2D eigenvalue weighted by molar-refractivity contribution is -0.117. The van der Waals surface area contributed by atoms with E-state index in [1.165, 1.54) is 4.90 Å². The number of likely N-dealkylation sites (N-methyl/N-ethyl adjacent to an activating group) is 1. The maximum absolute atomic E-state index is 12.9.